The third-order valence-corrected chi connectivity index (χ3v) is 4.45. The highest BCUT2D eigenvalue weighted by atomic mass is 16.1. The predicted octanol–water partition coefficient (Wildman–Crippen LogP) is 2.65. The third kappa shape index (κ3) is 3.30. The molecule has 1 N–H and O–H groups in total. The third-order valence-electron chi connectivity index (χ3n) is 4.45. The maximum atomic E-state index is 12.4. The van der Waals surface area contributed by atoms with Crippen molar-refractivity contribution in [1.29, 1.82) is 0 Å². The summed E-state index contributed by atoms with van der Waals surface area (Å²) in [7, 11) is 0. The Labute approximate surface area is 140 Å². The van der Waals surface area contributed by atoms with Crippen LogP contribution >= 0.6 is 0 Å². The molecule has 1 aliphatic rings. The van der Waals surface area contributed by atoms with Crippen LogP contribution in [0, 0.1) is 5.92 Å². The van der Waals surface area contributed by atoms with Gasteiger partial charge in [-0.1, -0.05) is 30.3 Å². The van der Waals surface area contributed by atoms with Crippen molar-refractivity contribution in [3.8, 4) is 0 Å². The van der Waals surface area contributed by atoms with Gasteiger partial charge in [0.25, 0.3) is 5.91 Å². The molecule has 1 saturated carbocycles. The largest absolute Gasteiger partial charge is 0.352 e. The molecule has 0 unspecified atom stereocenters. The lowest BCUT2D eigenvalue weighted by Crippen LogP contribution is -2.26. The zero-order valence-electron chi connectivity index (χ0n) is 13.5. The number of hydrogen-bond donors (Lipinski definition) is 1. The number of fused-ring (bicyclic) bond motifs is 1. The number of rotatable bonds is 6. The Hall–Kier alpha value is -2.69. The molecule has 2 heterocycles. The number of pyridine rings is 1. The molecule has 1 aromatic carbocycles. The fourth-order valence-corrected chi connectivity index (χ4v) is 2.86. The molecule has 122 valence electrons. The second-order valence-corrected chi connectivity index (χ2v) is 6.40. The van der Waals surface area contributed by atoms with Gasteiger partial charge in [0.05, 0.1) is 5.56 Å². The van der Waals surface area contributed by atoms with Crippen molar-refractivity contribution in [2.24, 2.45) is 5.92 Å². The Bertz CT molecular complexity index is 852. The molecular formula is C19H20N4O. The van der Waals surface area contributed by atoms with Crippen LogP contribution in [0.2, 0.25) is 0 Å². The number of nitrogens with zero attached hydrogens (tertiary/aromatic N) is 3. The summed E-state index contributed by atoms with van der Waals surface area (Å²) in [4.78, 5) is 12.4. The van der Waals surface area contributed by atoms with E-state index in [2.05, 4.69) is 27.6 Å². The van der Waals surface area contributed by atoms with Crippen LogP contribution in [0.3, 0.4) is 0 Å². The van der Waals surface area contributed by atoms with Gasteiger partial charge < -0.3 is 5.32 Å². The van der Waals surface area contributed by atoms with E-state index in [4.69, 9.17) is 0 Å². The molecule has 4 rings (SSSR count). The Kier molecular flexibility index (Phi) is 3.99. The second kappa shape index (κ2) is 6.43. The maximum Gasteiger partial charge on any atom is 0.252 e. The molecule has 0 spiro atoms. The van der Waals surface area contributed by atoms with Crippen LogP contribution in [0.4, 0.5) is 0 Å². The molecule has 0 saturated heterocycles. The molecule has 5 heteroatoms. The van der Waals surface area contributed by atoms with Crippen LogP contribution in [-0.2, 0) is 12.8 Å². The summed E-state index contributed by atoms with van der Waals surface area (Å²) in [6.07, 6.45) is 6.17. The summed E-state index contributed by atoms with van der Waals surface area (Å²) in [6, 6.07) is 13.8. The van der Waals surface area contributed by atoms with Crippen molar-refractivity contribution in [3.63, 3.8) is 0 Å². The lowest BCUT2D eigenvalue weighted by Gasteiger charge is -2.06. The van der Waals surface area contributed by atoms with Gasteiger partial charge in [-0.15, -0.1) is 10.2 Å². The summed E-state index contributed by atoms with van der Waals surface area (Å²) in [5, 5.41) is 11.4. The van der Waals surface area contributed by atoms with Crippen LogP contribution in [0.1, 0.15) is 34.6 Å². The van der Waals surface area contributed by atoms with E-state index < -0.39 is 0 Å². The zero-order valence-corrected chi connectivity index (χ0v) is 13.5. The number of aromatic nitrogens is 3. The van der Waals surface area contributed by atoms with E-state index in [0.717, 1.165) is 30.2 Å². The van der Waals surface area contributed by atoms with Gasteiger partial charge in [-0.3, -0.25) is 9.20 Å². The summed E-state index contributed by atoms with van der Waals surface area (Å²) in [5.74, 6) is 1.63. The zero-order chi connectivity index (χ0) is 16.4. The standard InChI is InChI=1S/C19H20N4O/c24-19(20-11-10-14-4-2-1-3-5-14)16-8-9-17-21-22-18(23(17)13-16)12-15-6-7-15/h1-5,8-9,13,15H,6-7,10-12H2,(H,20,24). The van der Waals surface area contributed by atoms with Crippen LogP contribution in [-0.4, -0.2) is 27.0 Å². The average Bonchev–Trinajstić information content (AvgIpc) is 3.35. The Morgan fingerprint density at radius 1 is 1.12 bits per heavy atom. The van der Waals surface area contributed by atoms with E-state index in [1.165, 1.54) is 18.4 Å². The molecule has 0 aliphatic heterocycles. The van der Waals surface area contributed by atoms with E-state index in [-0.39, 0.29) is 5.91 Å². The number of nitrogens with one attached hydrogen (secondary N) is 1. The molecule has 24 heavy (non-hydrogen) atoms. The minimum atomic E-state index is -0.0566. The molecule has 0 atom stereocenters. The SMILES string of the molecule is O=C(NCCc1ccccc1)c1ccc2nnc(CC3CC3)n2c1. The maximum absolute atomic E-state index is 12.4. The summed E-state index contributed by atoms with van der Waals surface area (Å²) < 4.78 is 1.95. The number of hydrogen-bond acceptors (Lipinski definition) is 3. The summed E-state index contributed by atoms with van der Waals surface area (Å²) >= 11 is 0. The summed E-state index contributed by atoms with van der Waals surface area (Å²) in [5.41, 5.74) is 2.66. The summed E-state index contributed by atoms with van der Waals surface area (Å²) in [6.45, 7) is 0.623. The van der Waals surface area contributed by atoms with E-state index in [1.807, 2.05) is 40.9 Å². The highest BCUT2D eigenvalue weighted by molar-refractivity contribution is 5.94. The van der Waals surface area contributed by atoms with E-state index in [9.17, 15) is 4.79 Å². The highest BCUT2D eigenvalue weighted by Gasteiger charge is 2.24. The van der Waals surface area contributed by atoms with E-state index in [0.29, 0.717) is 12.1 Å². The van der Waals surface area contributed by atoms with Crippen LogP contribution in [0.15, 0.2) is 48.7 Å². The van der Waals surface area contributed by atoms with Crippen LogP contribution in [0.5, 0.6) is 0 Å². The molecule has 2 aromatic heterocycles. The first-order valence-electron chi connectivity index (χ1n) is 8.45. The van der Waals surface area contributed by atoms with Gasteiger partial charge in [0.15, 0.2) is 5.65 Å². The lowest BCUT2D eigenvalue weighted by molar-refractivity contribution is 0.0953. The van der Waals surface area contributed by atoms with Crippen molar-refractivity contribution in [2.75, 3.05) is 6.54 Å². The van der Waals surface area contributed by atoms with Crippen LogP contribution < -0.4 is 5.32 Å². The van der Waals surface area contributed by atoms with Gasteiger partial charge in [0, 0.05) is 19.2 Å². The van der Waals surface area contributed by atoms with Gasteiger partial charge in [-0.05, 0) is 42.9 Å². The first kappa shape index (κ1) is 14.9. The van der Waals surface area contributed by atoms with E-state index >= 15 is 0 Å². The fraction of sp³-hybridized carbons (Fsp3) is 0.316. The Morgan fingerprint density at radius 2 is 1.96 bits per heavy atom. The minimum Gasteiger partial charge on any atom is -0.352 e. The van der Waals surface area contributed by atoms with Crippen LogP contribution in [0.25, 0.3) is 5.65 Å². The molecular weight excluding hydrogens is 300 g/mol. The molecule has 1 fully saturated rings. The quantitative estimate of drug-likeness (QED) is 0.759. The van der Waals surface area contributed by atoms with Crippen molar-refractivity contribution in [1.82, 2.24) is 19.9 Å². The number of amides is 1. The first-order valence-corrected chi connectivity index (χ1v) is 8.45. The molecule has 0 radical (unpaired) electrons. The van der Waals surface area contributed by atoms with Crippen molar-refractivity contribution < 1.29 is 4.79 Å². The normalized spacial score (nSPS) is 14.0. The first-order chi connectivity index (χ1) is 11.8. The molecule has 1 amide bonds. The number of benzene rings is 1. The minimum absolute atomic E-state index is 0.0566. The molecule has 0 bridgehead atoms. The average molecular weight is 320 g/mol. The topological polar surface area (TPSA) is 59.3 Å². The monoisotopic (exact) mass is 320 g/mol. The van der Waals surface area contributed by atoms with E-state index in [1.54, 1.807) is 0 Å². The predicted molar refractivity (Wildman–Crippen MR) is 91.9 cm³/mol. The van der Waals surface area contributed by atoms with Gasteiger partial charge in [-0.25, -0.2) is 0 Å². The highest BCUT2D eigenvalue weighted by Crippen LogP contribution is 2.32. The van der Waals surface area contributed by atoms with Gasteiger partial charge in [0.2, 0.25) is 0 Å². The smallest absolute Gasteiger partial charge is 0.252 e. The number of carbonyl (C=O) groups is 1. The van der Waals surface area contributed by atoms with Crippen molar-refractivity contribution in [3.05, 3.63) is 65.6 Å². The fourth-order valence-electron chi connectivity index (χ4n) is 2.86. The van der Waals surface area contributed by atoms with Gasteiger partial charge in [-0.2, -0.15) is 0 Å². The molecule has 5 nitrogen and oxygen atoms in total. The molecule has 3 aromatic rings. The second-order valence-electron chi connectivity index (χ2n) is 6.40. The number of carbonyl (C=O) groups excluding carboxylic acids is 1. The lowest BCUT2D eigenvalue weighted by atomic mass is 10.1. The van der Waals surface area contributed by atoms with Crippen molar-refractivity contribution in [2.45, 2.75) is 25.7 Å². The molecule has 1 aliphatic carbocycles. The Morgan fingerprint density at radius 3 is 2.75 bits per heavy atom. The van der Waals surface area contributed by atoms with Gasteiger partial charge >= 0.3 is 0 Å². The van der Waals surface area contributed by atoms with Gasteiger partial charge in [0.1, 0.15) is 5.82 Å². The van der Waals surface area contributed by atoms with Crippen molar-refractivity contribution >= 4 is 11.6 Å². The Balaban J connectivity index is 1.43.